The van der Waals surface area contributed by atoms with E-state index in [9.17, 15) is 0 Å². The molecule has 0 N–H and O–H groups in total. The Morgan fingerprint density at radius 3 is 3.00 bits per heavy atom. The van der Waals surface area contributed by atoms with Crippen LogP contribution in [0.4, 0.5) is 0 Å². The predicted molar refractivity (Wildman–Crippen MR) is 58.8 cm³/mol. The fraction of sp³-hybridized carbons (Fsp3) is 0.0909. The topological polar surface area (TPSA) is 45.9 Å². The fourth-order valence-corrected chi connectivity index (χ4v) is 1.95. The number of nitrogens with zero attached hydrogens (tertiary/aromatic N) is 2. The van der Waals surface area contributed by atoms with Crippen LogP contribution in [0.5, 0.6) is 5.75 Å². The van der Waals surface area contributed by atoms with Crippen molar-refractivity contribution >= 4 is 11.3 Å². The molecule has 74 valence electrons. The smallest absolute Gasteiger partial charge is 0.154 e. The van der Waals surface area contributed by atoms with Gasteiger partial charge in [-0.3, -0.25) is 4.98 Å². The van der Waals surface area contributed by atoms with Crippen LogP contribution in [0.3, 0.4) is 0 Å². The van der Waals surface area contributed by atoms with Gasteiger partial charge in [0.05, 0.1) is 29.4 Å². The van der Waals surface area contributed by atoms with Crippen LogP contribution < -0.4 is 4.74 Å². The number of nitriles is 1. The molecule has 0 bridgehead atoms. The van der Waals surface area contributed by atoms with Crippen molar-refractivity contribution in [1.29, 1.82) is 5.26 Å². The largest absolute Gasteiger partial charge is 0.494 e. The summed E-state index contributed by atoms with van der Waals surface area (Å²) in [4.78, 5) is 5.29. The normalized spacial score (nSPS) is 9.60. The maximum atomic E-state index is 8.92. The Balaban J connectivity index is 2.49. The van der Waals surface area contributed by atoms with Crippen molar-refractivity contribution in [2.24, 2.45) is 0 Å². The van der Waals surface area contributed by atoms with Gasteiger partial charge in [-0.2, -0.15) is 5.26 Å². The Bertz CT molecular complexity index is 500. The maximum Gasteiger partial charge on any atom is 0.154 e. The lowest BCUT2D eigenvalue weighted by atomic mass is 10.2. The average Bonchev–Trinajstić information content (AvgIpc) is 2.81. The summed E-state index contributed by atoms with van der Waals surface area (Å²) >= 11 is 1.60. The number of aromatic nitrogens is 1. The lowest BCUT2D eigenvalue weighted by Gasteiger charge is -2.03. The molecule has 0 saturated carbocycles. The van der Waals surface area contributed by atoms with Crippen molar-refractivity contribution in [2.45, 2.75) is 0 Å². The Morgan fingerprint density at radius 1 is 1.53 bits per heavy atom. The van der Waals surface area contributed by atoms with E-state index in [1.54, 1.807) is 23.6 Å². The molecule has 2 rings (SSSR count). The summed E-state index contributed by atoms with van der Waals surface area (Å²) in [6.45, 7) is 0. The zero-order valence-corrected chi connectivity index (χ0v) is 8.91. The second-order valence-corrected chi connectivity index (χ2v) is 3.81. The Labute approximate surface area is 91.6 Å². The van der Waals surface area contributed by atoms with Crippen LogP contribution in [-0.4, -0.2) is 12.1 Å². The number of hydrogen-bond donors (Lipinski definition) is 0. The molecular formula is C11H8N2OS. The standard InChI is InChI=1S/C11H8N2OS/c1-14-10-7-13-9(5-8(10)6-12)11-3-2-4-15-11/h2-5,7H,1H3. The molecule has 0 spiro atoms. The van der Waals surface area contributed by atoms with Crippen molar-refractivity contribution in [1.82, 2.24) is 4.98 Å². The van der Waals surface area contributed by atoms with Crippen LogP contribution in [0.2, 0.25) is 0 Å². The zero-order chi connectivity index (χ0) is 10.7. The number of thiophene rings is 1. The quantitative estimate of drug-likeness (QED) is 0.775. The highest BCUT2D eigenvalue weighted by Gasteiger charge is 2.06. The molecule has 2 heterocycles. The molecule has 0 amide bonds. The average molecular weight is 216 g/mol. The summed E-state index contributed by atoms with van der Waals surface area (Å²) < 4.78 is 5.03. The first-order valence-corrected chi connectivity index (χ1v) is 5.21. The zero-order valence-electron chi connectivity index (χ0n) is 8.10. The molecule has 0 aromatic carbocycles. The fourth-order valence-electron chi connectivity index (χ4n) is 1.25. The number of methoxy groups -OCH3 is 1. The first-order valence-electron chi connectivity index (χ1n) is 4.33. The van der Waals surface area contributed by atoms with E-state index in [0.717, 1.165) is 10.6 Å². The maximum absolute atomic E-state index is 8.92. The number of hydrogen-bond acceptors (Lipinski definition) is 4. The van der Waals surface area contributed by atoms with Crippen LogP contribution in [0, 0.1) is 11.3 Å². The monoisotopic (exact) mass is 216 g/mol. The summed E-state index contributed by atoms with van der Waals surface area (Å²) in [5.41, 5.74) is 1.32. The summed E-state index contributed by atoms with van der Waals surface area (Å²) in [7, 11) is 1.53. The van der Waals surface area contributed by atoms with Gasteiger partial charge in [0.25, 0.3) is 0 Å². The molecular weight excluding hydrogens is 208 g/mol. The first kappa shape index (κ1) is 9.69. The number of ether oxygens (including phenoxy) is 1. The van der Waals surface area contributed by atoms with Crippen molar-refractivity contribution in [2.75, 3.05) is 7.11 Å². The highest BCUT2D eigenvalue weighted by atomic mass is 32.1. The lowest BCUT2D eigenvalue weighted by molar-refractivity contribution is 0.411. The van der Waals surface area contributed by atoms with Gasteiger partial charge in [-0.25, -0.2) is 0 Å². The van der Waals surface area contributed by atoms with Crippen LogP contribution in [0.1, 0.15) is 5.56 Å². The predicted octanol–water partition coefficient (Wildman–Crippen LogP) is 2.69. The molecule has 0 atom stereocenters. The van der Waals surface area contributed by atoms with Crippen molar-refractivity contribution < 1.29 is 4.74 Å². The highest BCUT2D eigenvalue weighted by molar-refractivity contribution is 7.13. The molecule has 0 aliphatic carbocycles. The minimum atomic E-state index is 0.510. The van der Waals surface area contributed by atoms with Gasteiger partial charge in [-0.05, 0) is 17.5 Å². The van der Waals surface area contributed by atoms with Gasteiger partial charge < -0.3 is 4.74 Å². The first-order chi connectivity index (χ1) is 7.35. The molecule has 0 aliphatic heterocycles. The van der Waals surface area contributed by atoms with Gasteiger partial charge in [0.15, 0.2) is 5.75 Å². The third-order valence-electron chi connectivity index (χ3n) is 1.98. The summed E-state index contributed by atoms with van der Waals surface area (Å²) in [5, 5.41) is 10.9. The molecule has 15 heavy (non-hydrogen) atoms. The molecule has 4 heteroatoms. The van der Waals surface area contributed by atoms with Crippen LogP contribution >= 0.6 is 11.3 Å². The van der Waals surface area contributed by atoms with Crippen LogP contribution in [0.15, 0.2) is 29.8 Å². The van der Waals surface area contributed by atoms with Crippen molar-refractivity contribution in [3.8, 4) is 22.4 Å². The molecule has 2 aromatic heterocycles. The molecule has 2 aromatic rings. The SMILES string of the molecule is COc1cnc(-c2cccs2)cc1C#N. The van der Waals surface area contributed by atoms with Crippen molar-refractivity contribution in [3.63, 3.8) is 0 Å². The molecule has 0 saturated heterocycles. The Morgan fingerprint density at radius 2 is 2.40 bits per heavy atom. The minimum Gasteiger partial charge on any atom is -0.494 e. The van der Waals surface area contributed by atoms with E-state index in [1.165, 1.54) is 7.11 Å². The third kappa shape index (κ3) is 1.83. The molecule has 0 aliphatic rings. The van der Waals surface area contributed by atoms with E-state index in [-0.39, 0.29) is 0 Å². The van der Waals surface area contributed by atoms with E-state index in [1.807, 2.05) is 17.5 Å². The van der Waals surface area contributed by atoms with Gasteiger partial charge in [0, 0.05) is 0 Å². The van der Waals surface area contributed by atoms with E-state index < -0.39 is 0 Å². The Kier molecular flexibility index (Phi) is 2.66. The van der Waals surface area contributed by atoms with Gasteiger partial charge in [-0.15, -0.1) is 11.3 Å². The minimum absolute atomic E-state index is 0.510. The molecule has 0 fully saturated rings. The van der Waals surface area contributed by atoms with Gasteiger partial charge >= 0.3 is 0 Å². The molecule has 0 unspecified atom stereocenters. The van der Waals surface area contributed by atoms with E-state index in [4.69, 9.17) is 10.00 Å². The van der Waals surface area contributed by atoms with E-state index in [0.29, 0.717) is 11.3 Å². The second-order valence-electron chi connectivity index (χ2n) is 2.86. The highest BCUT2D eigenvalue weighted by Crippen LogP contribution is 2.26. The van der Waals surface area contributed by atoms with Gasteiger partial charge in [0.1, 0.15) is 6.07 Å². The lowest BCUT2D eigenvalue weighted by Crippen LogP contribution is -1.90. The molecule has 0 radical (unpaired) electrons. The van der Waals surface area contributed by atoms with Gasteiger partial charge in [-0.1, -0.05) is 6.07 Å². The summed E-state index contributed by atoms with van der Waals surface area (Å²) in [6, 6.07) is 7.76. The Hall–Kier alpha value is -1.86. The molecule has 3 nitrogen and oxygen atoms in total. The second kappa shape index (κ2) is 4.11. The van der Waals surface area contributed by atoms with Gasteiger partial charge in [0.2, 0.25) is 0 Å². The van der Waals surface area contributed by atoms with E-state index in [2.05, 4.69) is 11.1 Å². The van der Waals surface area contributed by atoms with Crippen molar-refractivity contribution in [3.05, 3.63) is 35.3 Å². The third-order valence-corrected chi connectivity index (χ3v) is 2.87. The van der Waals surface area contributed by atoms with Crippen LogP contribution in [0.25, 0.3) is 10.6 Å². The number of pyridine rings is 1. The van der Waals surface area contributed by atoms with E-state index >= 15 is 0 Å². The van der Waals surface area contributed by atoms with Crippen LogP contribution in [-0.2, 0) is 0 Å². The summed E-state index contributed by atoms with van der Waals surface area (Å²) in [5.74, 6) is 0.512. The number of rotatable bonds is 2. The summed E-state index contributed by atoms with van der Waals surface area (Å²) in [6.07, 6.45) is 1.58.